The number of carboxylic acids is 1. The first kappa shape index (κ1) is 8.45. The molecule has 11 heavy (non-hydrogen) atoms. The van der Waals surface area contributed by atoms with Crippen molar-refractivity contribution in [2.24, 2.45) is 11.7 Å². The van der Waals surface area contributed by atoms with Gasteiger partial charge >= 0.3 is 5.97 Å². The minimum absolute atomic E-state index is 0.234. The second kappa shape index (κ2) is 2.77. The van der Waals surface area contributed by atoms with Crippen LogP contribution in [-0.4, -0.2) is 34.5 Å². The molecule has 1 rings (SSSR count). The average molecular weight is 160 g/mol. The summed E-state index contributed by atoms with van der Waals surface area (Å²) in [6, 6.07) is -1.21. The van der Waals surface area contributed by atoms with Gasteiger partial charge in [0.25, 0.3) is 0 Å². The van der Waals surface area contributed by atoms with Gasteiger partial charge in [0.05, 0.1) is 0 Å². The summed E-state index contributed by atoms with van der Waals surface area (Å²) in [5, 5.41) is 20.2. The monoisotopic (exact) mass is 160 g/mol. The smallest absolute Gasteiger partial charge is 0.321 e. The number of hydrogen-bond acceptors (Lipinski definition) is 4. The first-order chi connectivity index (χ1) is 5.04. The molecule has 1 aliphatic heterocycles. The summed E-state index contributed by atoms with van der Waals surface area (Å²) in [4.78, 5) is 10.5. The van der Waals surface area contributed by atoms with Crippen LogP contribution in [0.2, 0.25) is 0 Å². The van der Waals surface area contributed by atoms with Gasteiger partial charge in [0, 0.05) is 12.0 Å². The number of nitrogens with one attached hydrogen (secondary N) is 1. The third-order valence-electron chi connectivity index (χ3n) is 2.11. The van der Waals surface area contributed by atoms with E-state index in [2.05, 4.69) is 5.32 Å². The Hall–Kier alpha value is -0.650. The van der Waals surface area contributed by atoms with E-state index in [4.69, 9.17) is 15.9 Å². The molecule has 0 amide bonds. The summed E-state index contributed by atoms with van der Waals surface area (Å²) < 4.78 is 0. The van der Waals surface area contributed by atoms with E-state index in [1.54, 1.807) is 6.92 Å². The lowest BCUT2D eigenvalue weighted by Crippen LogP contribution is -2.38. The van der Waals surface area contributed by atoms with Crippen LogP contribution in [0, 0.1) is 5.92 Å². The van der Waals surface area contributed by atoms with Gasteiger partial charge < -0.3 is 15.9 Å². The molecule has 1 heterocycles. The van der Waals surface area contributed by atoms with Crippen molar-refractivity contribution in [1.29, 1.82) is 0 Å². The zero-order valence-electron chi connectivity index (χ0n) is 6.19. The summed E-state index contributed by atoms with van der Waals surface area (Å²) >= 11 is 0. The number of carboxylic acid groups (broad SMARTS) is 1. The minimum Gasteiger partial charge on any atom is -0.480 e. The molecular weight excluding hydrogens is 148 g/mol. The molecule has 5 heteroatoms. The van der Waals surface area contributed by atoms with Crippen molar-refractivity contribution in [3.05, 3.63) is 0 Å². The fraction of sp³-hybridized carbons (Fsp3) is 0.833. The van der Waals surface area contributed by atoms with E-state index in [1.165, 1.54) is 0 Å². The summed E-state index contributed by atoms with van der Waals surface area (Å²) in [6.45, 7) is 1.70. The van der Waals surface area contributed by atoms with Crippen LogP contribution in [0.25, 0.3) is 0 Å². The summed E-state index contributed by atoms with van der Waals surface area (Å²) in [6.07, 6.45) is -0.897. The quantitative estimate of drug-likeness (QED) is 0.367. The van der Waals surface area contributed by atoms with Crippen molar-refractivity contribution >= 4 is 5.97 Å². The van der Waals surface area contributed by atoms with Crippen molar-refractivity contribution < 1.29 is 15.0 Å². The van der Waals surface area contributed by atoms with E-state index in [-0.39, 0.29) is 5.92 Å². The Balaban J connectivity index is 2.67. The van der Waals surface area contributed by atoms with Gasteiger partial charge in [-0.15, -0.1) is 0 Å². The molecule has 2 unspecified atom stereocenters. The maximum Gasteiger partial charge on any atom is 0.321 e. The van der Waals surface area contributed by atoms with Crippen LogP contribution in [0.4, 0.5) is 0 Å². The standard InChI is InChI=1S/C6H12N2O3/c1-2-3(7)5(9)8-4(2)6(10)11/h2-5,8-9H,7H2,1H3,(H,10,11)/t2-,3+,4?,5?/m1/s1. The highest BCUT2D eigenvalue weighted by atomic mass is 16.4. The van der Waals surface area contributed by atoms with Crippen molar-refractivity contribution in [2.45, 2.75) is 25.2 Å². The molecule has 5 nitrogen and oxygen atoms in total. The van der Waals surface area contributed by atoms with Crippen molar-refractivity contribution in [2.75, 3.05) is 0 Å². The van der Waals surface area contributed by atoms with Crippen LogP contribution >= 0.6 is 0 Å². The van der Waals surface area contributed by atoms with E-state index < -0.39 is 24.3 Å². The van der Waals surface area contributed by atoms with Gasteiger partial charge in [-0.2, -0.15) is 0 Å². The largest absolute Gasteiger partial charge is 0.480 e. The van der Waals surface area contributed by atoms with Crippen molar-refractivity contribution in [3.63, 3.8) is 0 Å². The first-order valence-electron chi connectivity index (χ1n) is 3.46. The third kappa shape index (κ3) is 1.35. The van der Waals surface area contributed by atoms with Gasteiger partial charge in [-0.25, -0.2) is 0 Å². The van der Waals surface area contributed by atoms with Gasteiger partial charge in [0.15, 0.2) is 0 Å². The summed E-state index contributed by atoms with van der Waals surface area (Å²) in [7, 11) is 0. The zero-order chi connectivity index (χ0) is 8.59. The molecule has 0 aliphatic carbocycles. The molecular formula is C6H12N2O3. The molecule has 1 aliphatic rings. The predicted octanol–water partition coefficient (Wildman–Crippen LogP) is -1.68. The molecule has 1 saturated heterocycles. The van der Waals surface area contributed by atoms with Gasteiger partial charge in [0.2, 0.25) is 0 Å². The highest BCUT2D eigenvalue weighted by molar-refractivity contribution is 5.74. The Kier molecular flexibility index (Phi) is 2.12. The lowest BCUT2D eigenvalue weighted by atomic mass is 9.99. The summed E-state index contributed by atoms with van der Waals surface area (Å²) in [5.41, 5.74) is 5.47. The Morgan fingerprint density at radius 1 is 1.64 bits per heavy atom. The van der Waals surface area contributed by atoms with Crippen LogP contribution in [0.3, 0.4) is 0 Å². The Labute approximate surface area is 64.2 Å². The number of nitrogens with two attached hydrogens (primary N) is 1. The number of aliphatic carboxylic acids is 1. The number of aliphatic hydroxyl groups excluding tert-OH is 1. The molecule has 64 valence electrons. The van der Waals surface area contributed by atoms with Crippen molar-refractivity contribution in [1.82, 2.24) is 5.32 Å². The molecule has 5 N–H and O–H groups in total. The molecule has 0 bridgehead atoms. The Bertz CT molecular complexity index is 173. The van der Waals surface area contributed by atoms with Gasteiger partial charge in [-0.3, -0.25) is 10.1 Å². The number of aliphatic hydroxyl groups is 1. The molecule has 0 aromatic rings. The van der Waals surface area contributed by atoms with Crippen molar-refractivity contribution in [3.8, 4) is 0 Å². The number of rotatable bonds is 1. The third-order valence-corrected chi connectivity index (χ3v) is 2.11. The molecule has 0 aromatic carbocycles. The van der Waals surface area contributed by atoms with Gasteiger partial charge in [-0.1, -0.05) is 6.92 Å². The lowest BCUT2D eigenvalue weighted by molar-refractivity contribution is -0.140. The lowest BCUT2D eigenvalue weighted by Gasteiger charge is -2.11. The first-order valence-corrected chi connectivity index (χ1v) is 3.46. The fourth-order valence-corrected chi connectivity index (χ4v) is 1.25. The van der Waals surface area contributed by atoms with E-state index >= 15 is 0 Å². The van der Waals surface area contributed by atoms with Crippen LogP contribution in [0.15, 0.2) is 0 Å². The SMILES string of the molecule is C[C@H]1C(C(=O)O)NC(O)[C@H]1N. The topological polar surface area (TPSA) is 95.6 Å². The van der Waals surface area contributed by atoms with E-state index in [9.17, 15) is 4.79 Å². The molecule has 1 fully saturated rings. The molecule has 0 spiro atoms. The number of hydrogen-bond donors (Lipinski definition) is 4. The van der Waals surface area contributed by atoms with E-state index in [0.29, 0.717) is 0 Å². The maximum absolute atomic E-state index is 10.5. The summed E-state index contributed by atoms with van der Waals surface area (Å²) in [5.74, 6) is -1.20. The van der Waals surface area contributed by atoms with Gasteiger partial charge in [0.1, 0.15) is 12.3 Å². The predicted molar refractivity (Wildman–Crippen MR) is 37.7 cm³/mol. The highest BCUT2D eigenvalue weighted by Gasteiger charge is 2.40. The normalized spacial score (nSPS) is 44.3. The van der Waals surface area contributed by atoms with Crippen LogP contribution in [0.1, 0.15) is 6.92 Å². The average Bonchev–Trinajstić information content (AvgIpc) is 2.17. The molecule has 0 saturated carbocycles. The van der Waals surface area contributed by atoms with Gasteiger partial charge in [-0.05, 0) is 0 Å². The second-order valence-electron chi connectivity index (χ2n) is 2.86. The molecule has 4 atom stereocenters. The second-order valence-corrected chi connectivity index (χ2v) is 2.86. The number of carbonyl (C=O) groups is 1. The van der Waals surface area contributed by atoms with Crippen LogP contribution < -0.4 is 11.1 Å². The van der Waals surface area contributed by atoms with Crippen LogP contribution in [-0.2, 0) is 4.79 Å². The van der Waals surface area contributed by atoms with Crippen LogP contribution in [0.5, 0.6) is 0 Å². The highest BCUT2D eigenvalue weighted by Crippen LogP contribution is 2.17. The van der Waals surface area contributed by atoms with E-state index in [0.717, 1.165) is 0 Å². The molecule has 0 aromatic heterocycles. The Morgan fingerprint density at radius 2 is 2.18 bits per heavy atom. The maximum atomic E-state index is 10.5. The fourth-order valence-electron chi connectivity index (χ4n) is 1.25. The minimum atomic E-state index is -0.968. The molecule has 0 radical (unpaired) electrons. The zero-order valence-corrected chi connectivity index (χ0v) is 6.19. The van der Waals surface area contributed by atoms with E-state index in [1.807, 2.05) is 0 Å². The Morgan fingerprint density at radius 3 is 2.36 bits per heavy atom.